The van der Waals surface area contributed by atoms with E-state index in [9.17, 15) is 9.59 Å². The highest BCUT2D eigenvalue weighted by atomic mass is 16.2. The van der Waals surface area contributed by atoms with E-state index in [1.165, 1.54) is 0 Å². The Morgan fingerprint density at radius 1 is 1.40 bits per heavy atom. The third-order valence-corrected chi connectivity index (χ3v) is 4.18. The monoisotopic (exact) mass is 275 g/mol. The molecule has 0 radical (unpaired) electrons. The predicted molar refractivity (Wildman–Crippen MR) is 77.9 cm³/mol. The van der Waals surface area contributed by atoms with Crippen molar-refractivity contribution in [3.8, 4) is 0 Å². The van der Waals surface area contributed by atoms with Crippen molar-refractivity contribution in [2.45, 2.75) is 38.6 Å². The first-order valence-electron chi connectivity index (χ1n) is 6.87. The van der Waals surface area contributed by atoms with Crippen LogP contribution in [0.4, 0.5) is 5.69 Å². The van der Waals surface area contributed by atoms with Crippen LogP contribution in [0.25, 0.3) is 0 Å². The molecule has 2 unspecified atom stereocenters. The van der Waals surface area contributed by atoms with Crippen molar-refractivity contribution in [1.82, 2.24) is 0 Å². The van der Waals surface area contributed by atoms with Gasteiger partial charge in [0.15, 0.2) is 0 Å². The molecule has 1 aliphatic carbocycles. The maximum absolute atomic E-state index is 12.5. The third-order valence-electron chi connectivity index (χ3n) is 4.18. The Balaban J connectivity index is 2.18. The number of hydrogen-bond donors (Lipinski definition) is 3. The van der Waals surface area contributed by atoms with Crippen LogP contribution in [0.5, 0.6) is 0 Å². The molecule has 1 aromatic carbocycles. The first-order chi connectivity index (χ1) is 9.43. The number of rotatable bonds is 4. The Labute approximate surface area is 118 Å². The lowest BCUT2D eigenvalue weighted by Gasteiger charge is -2.28. The Morgan fingerprint density at radius 3 is 2.70 bits per heavy atom. The molecule has 2 rings (SSSR count). The molecule has 5 heteroatoms. The van der Waals surface area contributed by atoms with Gasteiger partial charge < -0.3 is 16.8 Å². The number of carbonyl (C=O) groups is 2. The summed E-state index contributed by atoms with van der Waals surface area (Å²) in [6.45, 7) is 1.90. The Hall–Kier alpha value is -1.88. The lowest BCUT2D eigenvalue weighted by atomic mass is 9.84. The molecule has 2 amide bonds. The maximum atomic E-state index is 12.5. The summed E-state index contributed by atoms with van der Waals surface area (Å²) in [5, 5.41) is 2.90. The van der Waals surface area contributed by atoms with Crippen LogP contribution in [0.15, 0.2) is 24.3 Å². The topological polar surface area (TPSA) is 98.2 Å². The van der Waals surface area contributed by atoms with Crippen LogP contribution in [0.1, 0.15) is 31.7 Å². The first-order valence-corrected chi connectivity index (χ1v) is 6.87. The van der Waals surface area contributed by atoms with Crippen LogP contribution in [-0.4, -0.2) is 17.9 Å². The van der Waals surface area contributed by atoms with Crippen molar-refractivity contribution in [3.63, 3.8) is 0 Å². The summed E-state index contributed by atoms with van der Waals surface area (Å²) in [6.07, 6.45) is 2.73. The van der Waals surface area contributed by atoms with Crippen LogP contribution in [0, 0.1) is 5.41 Å². The second kappa shape index (κ2) is 5.63. The fourth-order valence-electron chi connectivity index (χ4n) is 2.72. The van der Waals surface area contributed by atoms with Gasteiger partial charge in [-0.1, -0.05) is 24.6 Å². The number of para-hydroxylation sites is 1. The highest BCUT2D eigenvalue weighted by molar-refractivity contribution is 5.97. The SMILES string of the molecule is CC1(C(=O)Nc2ccccc2CC(N)=O)CCCC1N. The zero-order valence-corrected chi connectivity index (χ0v) is 11.7. The van der Waals surface area contributed by atoms with Gasteiger partial charge in [-0.25, -0.2) is 0 Å². The van der Waals surface area contributed by atoms with Gasteiger partial charge in [-0.3, -0.25) is 9.59 Å². The largest absolute Gasteiger partial charge is 0.369 e. The molecular weight excluding hydrogens is 254 g/mol. The minimum absolute atomic E-state index is 0.0839. The summed E-state index contributed by atoms with van der Waals surface area (Å²) in [6, 6.07) is 7.08. The van der Waals surface area contributed by atoms with Crippen LogP contribution in [0.2, 0.25) is 0 Å². The van der Waals surface area contributed by atoms with E-state index in [-0.39, 0.29) is 18.4 Å². The molecule has 108 valence electrons. The average molecular weight is 275 g/mol. The smallest absolute Gasteiger partial charge is 0.231 e. The molecule has 5 N–H and O–H groups in total. The quantitative estimate of drug-likeness (QED) is 0.769. The van der Waals surface area contributed by atoms with Gasteiger partial charge >= 0.3 is 0 Å². The zero-order chi connectivity index (χ0) is 14.8. The lowest BCUT2D eigenvalue weighted by molar-refractivity contribution is -0.125. The van der Waals surface area contributed by atoms with E-state index in [0.717, 1.165) is 24.8 Å². The van der Waals surface area contributed by atoms with E-state index in [2.05, 4.69) is 5.32 Å². The summed E-state index contributed by atoms with van der Waals surface area (Å²) in [4.78, 5) is 23.5. The van der Waals surface area contributed by atoms with E-state index in [0.29, 0.717) is 5.69 Å². The lowest BCUT2D eigenvalue weighted by Crippen LogP contribution is -2.44. The van der Waals surface area contributed by atoms with Gasteiger partial charge in [0, 0.05) is 11.7 Å². The van der Waals surface area contributed by atoms with E-state index < -0.39 is 11.3 Å². The van der Waals surface area contributed by atoms with E-state index in [1.807, 2.05) is 19.1 Å². The molecule has 1 saturated carbocycles. The van der Waals surface area contributed by atoms with Crippen molar-refractivity contribution in [3.05, 3.63) is 29.8 Å². The first kappa shape index (κ1) is 14.5. The Morgan fingerprint density at radius 2 is 2.10 bits per heavy atom. The predicted octanol–water partition coefficient (Wildman–Crippen LogP) is 1.17. The van der Waals surface area contributed by atoms with Gasteiger partial charge in [-0.05, 0) is 31.4 Å². The molecule has 0 spiro atoms. The molecule has 0 saturated heterocycles. The van der Waals surface area contributed by atoms with Crippen molar-refractivity contribution >= 4 is 17.5 Å². The van der Waals surface area contributed by atoms with E-state index >= 15 is 0 Å². The van der Waals surface area contributed by atoms with E-state index in [1.54, 1.807) is 12.1 Å². The van der Waals surface area contributed by atoms with Crippen molar-refractivity contribution in [2.24, 2.45) is 16.9 Å². The van der Waals surface area contributed by atoms with Crippen LogP contribution >= 0.6 is 0 Å². The summed E-state index contributed by atoms with van der Waals surface area (Å²) < 4.78 is 0. The highest BCUT2D eigenvalue weighted by Crippen LogP contribution is 2.37. The van der Waals surface area contributed by atoms with Crippen LogP contribution in [0.3, 0.4) is 0 Å². The van der Waals surface area contributed by atoms with Crippen LogP contribution in [-0.2, 0) is 16.0 Å². The minimum Gasteiger partial charge on any atom is -0.369 e. The standard InChI is InChI=1S/C15H21N3O2/c1-15(8-4-7-12(15)16)14(20)18-11-6-3-2-5-10(11)9-13(17)19/h2-3,5-6,12H,4,7-9,16H2,1H3,(H2,17,19)(H,18,20). The molecular formula is C15H21N3O2. The van der Waals surface area contributed by atoms with Crippen LogP contribution < -0.4 is 16.8 Å². The molecule has 0 aliphatic heterocycles. The number of anilines is 1. The second-order valence-electron chi connectivity index (χ2n) is 5.67. The third kappa shape index (κ3) is 2.82. The van der Waals surface area contributed by atoms with Gasteiger partial charge in [0.2, 0.25) is 11.8 Å². The normalized spacial score (nSPS) is 25.4. The molecule has 0 heterocycles. The second-order valence-corrected chi connectivity index (χ2v) is 5.67. The van der Waals surface area contributed by atoms with Gasteiger partial charge in [-0.15, -0.1) is 0 Å². The summed E-state index contributed by atoms with van der Waals surface area (Å²) in [7, 11) is 0. The molecule has 0 aromatic heterocycles. The molecule has 1 aromatic rings. The molecule has 2 atom stereocenters. The minimum atomic E-state index is -0.542. The molecule has 0 bridgehead atoms. The van der Waals surface area contributed by atoms with Gasteiger partial charge in [0.25, 0.3) is 0 Å². The number of amides is 2. The average Bonchev–Trinajstić information content (AvgIpc) is 2.73. The number of hydrogen-bond acceptors (Lipinski definition) is 3. The fourth-order valence-corrected chi connectivity index (χ4v) is 2.72. The van der Waals surface area contributed by atoms with Gasteiger partial charge in [0.05, 0.1) is 11.8 Å². The number of primary amides is 1. The zero-order valence-electron chi connectivity index (χ0n) is 11.7. The molecule has 5 nitrogen and oxygen atoms in total. The molecule has 20 heavy (non-hydrogen) atoms. The van der Waals surface area contributed by atoms with Gasteiger partial charge in [-0.2, -0.15) is 0 Å². The fraction of sp³-hybridized carbons (Fsp3) is 0.467. The number of nitrogens with two attached hydrogens (primary N) is 2. The Kier molecular flexibility index (Phi) is 4.09. The highest BCUT2D eigenvalue weighted by Gasteiger charge is 2.43. The van der Waals surface area contributed by atoms with Gasteiger partial charge in [0.1, 0.15) is 0 Å². The summed E-state index contributed by atoms with van der Waals surface area (Å²) in [5.41, 5.74) is 12.1. The van der Waals surface area contributed by atoms with Crippen molar-refractivity contribution in [1.29, 1.82) is 0 Å². The maximum Gasteiger partial charge on any atom is 0.231 e. The summed E-state index contributed by atoms with van der Waals surface area (Å²) in [5.74, 6) is -0.505. The van der Waals surface area contributed by atoms with E-state index in [4.69, 9.17) is 11.5 Å². The molecule has 1 aliphatic rings. The number of benzene rings is 1. The Bertz CT molecular complexity index is 530. The van der Waals surface area contributed by atoms with Crippen molar-refractivity contribution in [2.75, 3.05) is 5.32 Å². The molecule has 1 fully saturated rings. The number of nitrogens with one attached hydrogen (secondary N) is 1. The summed E-state index contributed by atoms with van der Waals surface area (Å²) >= 11 is 0. The number of carbonyl (C=O) groups excluding carboxylic acids is 2. The van der Waals surface area contributed by atoms with Crippen molar-refractivity contribution < 1.29 is 9.59 Å².